The van der Waals surface area contributed by atoms with Gasteiger partial charge in [-0.25, -0.2) is 0 Å². The van der Waals surface area contributed by atoms with Crippen LogP contribution in [0.3, 0.4) is 0 Å². The van der Waals surface area contributed by atoms with E-state index < -0.39 is 11.0 Å². The third-order valence-corrected chi connectivity index (χ3v) is 4.20. The number of Topliss-reactive ketones (excluding diaryl/α,β-unsaturated/α-hetero) is 1. The van der Waals surface area contributed by atoms with Crippen LogP contribution in [0.4, 0.5) is 0 Å². The Labute approximate surface area is 121 Å². The van der Waals surface area contributed by atoms with Crippen molar-refractivity contribution in [1.29, 1.82) is 0 Å². The lowest BCUT2D eigenvalue weighted by Gasteiger charge is -2.39. The van der Waals surface area contributed by atoms with Gasteiger partial charge >= 0.3 is 0 Å². The van der Waals surface area contributed by atoms with Gasteiger partial charge in [0.15, 0.2) is 5.78 Å². The quantitative estimate of drug-likeness (QED) is 0.859. The first-order valence-corrected chi connectivity index (χ1v) is 7.35. The van der Waals surface area contributed by atoms with Gasteiger partial charge in [0.2, 0.25) is 0 Å². The Morgan fingerprint density at radius 2 is 1.80 bits per heavy atom. The molecular weight excluding hydrogens is 250 g/mol. The van der Waals surface area contributed by atoms with Crippen LogP contribution in [0.2, 0.25) is 0 Å². The third kappa shape index (κ3) is 3.68. The number of aliphatic hydroxyl groups is 1. The molecule has 1 N–H and O–H groups in total. The molecule has 0 unspecified atom stereocenters. The van der Waals surface area contributed by atoms with Crippen molar-refractivity contribution in [2.75, 3.05) is 19.6 Å². The summed E-state index contributed by atoms with van der Waals surface area (Å²) < 4.78 is 0. The monoisotopic (exact) mass is 275 g/mol. The Kier molecular flexibility index (Phi) is 4.31. The highest BCUT2D eigenvalue weighted by Crippen LogP contribution is 2.27. The molecule has 0 aromatic heterocycles. The first-order chi connectivity index (χ1) is 9.30. The maximum absolute atomic E-state index is 12.6. The first kappa shape index (κ1) is 15.2. The fourth-order valence-electron chi connectivity index (χ4n) is 2.80. The number of hydrogen-bond acceptors (Lipinski definition) is 3. The van der Waals surface area contributed by atoms with E-state index in [0.29, 0.717) is 0 Å². The van der Waals surface area contributed by atoms with Crippen molar-refractivity contribution in [2.24, 2.45) is 5.41 Å². The molecule has 3 nitrogen and oxygen atoms in total. The minimum atomic E-state index is -0.538. The molecule has 110 valence electrons. The van der Waals surface area contributed by atoms with Crippen molar-refractivity contribution >= 4 is 5.78 Å². The zero-order valence-corrected chi connectivity index (χ0v) is 12.7. The van der Waals surface area contributed by atoms with Crippen LogP contribution in [-0.2, 0) is 0 Å². The van der Waals surface area contributed by atoms with E-state index >= 15 is 0 Å². The molecule has 1 heterocycles. The van der Waals surface area contributed by atoms with Crippen molar-refractivity contribution in [3.63, 3.8) is 0 Å². The summed E-state index contributed by atoms with van der Waals surface area (Å²) in [4.78, 5) is 14.9. The van der Waals surface area contributed by atoms with Gasteiger partial charge in [-0.15, -0.1) is 0 Å². The van der Waals surface area contributed by atoms with Gasteiger partial charge in [0, 0.05) is 30.6 Å². The Morgan fingerprint density at radius 1 is 1.25 bits per heavy atom. The summed E-state index contributed by atoms with van der Waals surface area (Å²) in [5, 5.41) is 9.98. The van der Waals surface area contributed by atoms with Crippen LogP contribution in [0.25, 0.3) is 0 Å². The second kappa shape index (κ2) is 5.66. The van der Waals surface area contributed by atoms with Gasteiger partial charge in [0.25, 0.3) is 0 Å². The summed E-state index contributed by atoms with van der Waals surface area (Å²) >= 11 is 0. The average molecular weight is 275 g/mol. The Balaban J connectivity index is 1.99. The Morgan fingerprint density at radius 3 is 2.35 bits per heavy atom. The number of carbonyl (C=O) groups excluding carboxylic acids is 1. The van der Waals surface area contributed by atoms with Crippen LogP contribution in [-0.4, -0.2) is 41.0 Å². The van der Waals surface area contributed by atoms with Crippen LogP contribution < -0.4 is 0 Å². The van der Waals surface area contributed by atoms with E-state index in [1.54, 1.807) is 0 Å². The van der Waals surface area contributed by atoms with E-state index in [0.717, 1.165) is 38.0 Å². The molecule has 0 amide bonds. The molecule has 1 aromatic rings. The molecule has 0 spiro atoms. The van der Waals surface area contributed by atoms with E-state index in [2.05, 4.69) is 4.90 Å². The molecule has 0 atom stereocenters. The molecule has 2 rings (SSSR count). The van der Waals surface area contributed by atoms with Gasteiger partial charge in [-0.3, -0.25) is 4.79 Å². The summed E-state index contributed by atoms with van der Waals surface area (Å²) in [6, 6.07) is 9.50. The van der Waals surface area contributed by atoms with Gasteiger partial charge in [0.1, 0.15) is 0 Å². The molecule has 20 heavy (non-hydrogen) atoms. The second-order valence-electron chi connectivity index (χ2n) is 6.85. The number of nitrogens with zero attached hydrogens (tertiary/aromatic N) is 1. The summed E-state index contributed by atoms with van der Waals surface area (Å²) in [6.45, 7) is 8.38. The molecule has 0 saturated carbocycles. The third-order valence-electron chi connectivity index (χ3n) is 4.20. The lowest BCUT2D eigenvalue weighted by Crippen LogP contribution is -2.47. The molecule has 1 saturated heterocycles. The van der Waals surface area contributed by atoms with Crippen molar-refractivity contribution in [1.82, 2.24) is 4.90 Å². The maximum atomic E-state index is 12.6. The molecule has 1 aliphatic rings. The molecule has 3 heteroatoms. The predicted molar refractivity (Wildman–Crippen MR) is 80.9 cm³/mol. The van der Waals surface area contributed by atoms with E-state index in [9.17, 15) is 9.90 Å². The van der Waals surface area contributed by atoms with Gasteiger partial charge in [0.05, 0.1) is 5.60 Å². The molecule has 0 bridgehead atoms. The summed E-state index contributed by atoms with van der Waals surface area (Å²) in [5.41, 5.74) is -0.157. The smallest absolute Gasteiger partial charge is 0.169 e. The minimum absolute atomic E-state index is 0.190. The van der Waals surface area contributed by atoms with Gasteiger partial charge in [-0.2, -0.15) is 0 Å². The number of likely N-dealkylation sites (tertiary alicyclic amines) is 1. The summed E-state index contributed by atoms with van der Waals surface area (Å²) in [7, 11) is 0. The van der Waals surface area contributed by atoms with Crippen LogP contribution in [0.1, 0.15) is 44.0 Å². The fourth-order valence-corrected chi connectivity index (χ4v) is 2.80. The van der Waals surface area contributed by atoms with Crippen LogP contribution in [0, 0.1) is 5.41 Å². The highest BCUT2D eigenvalue weighted by molar-refractivity contribution is 6.00. The number of hydrogen-bond donors (Lipinski definition) is 1. The van der Waals surface area contributed by atoms with Gasteiger partial charge in [-0.1, -0.05) is 44.2 Å². The molecule has 1 fully saturated rings. The molecular formula is C17H25NO2. The van der Waals surface area contributed by atoms with Crippen molar-refractivity contribution in [2.45, 2.75) is 39.2 Å². The minimum Gasteiger partial charge on any atom is -0.390 e. The first-order valence-electron chi connectivity index (χ1n) is 7.35. The van der Waals surface area contributed by atoms with Crippen LogP contribution >= 0.6 is 0 Å². The fraction of sp³-hybridized carbons (Fsp3) is 0.588. The largest absolute Gasteiger partial charge is 0.390 e. The standard InChI is InChI=1S/C17H25NO2/c1-16(2,15(19)14-7-5-4-6-8-14)13-18-11-9-17(3,20)10-12-18/h4-8,20H,9-13H2,1-3H3. The SMILES string of the molecule is CC1(O)CCN(CC(C)(C)C(=O)c2ccccc2)CC1. The highest BCUT2D eigenvalue weighted by Gasteiger charge is 2.34. The normalized spacial score (nSPS) is 19.8. The second-order valence-corrected chi connectivity index (χ2v) is 6.85. The molecule has 0 aliphatic carbocycles. The predicted octanol–water partition coefficient (Wildman–Crippen LogP) is 2.74. The Hall–Kier alpha value is -1.19. The number of rotatable bonds is 4. The molecule has 1 aliphatic heterocycles. The topological polar surface area (TPSA) is 40.5 Å². The number of ketones is 1. The van der Waals surface area contributed by atoms with Crippen LogP contribution in [0.15, 0.2) is 30.3 Å². The van der Waals surface area contributed by atoms with E-state index in [-0.39, 0.29) is 5.78 Å². The van der Waals surface area contributed by atoms with Crippen LogP contribution in [0.5, 0.6) is 0 Å². The lowest BCUT2D eigenvalue weighted by molar-refractivity contribution is -0.0120. The summed E-state index contributed by atoms with van der Waals surface area (Å²) in [5.74, 6) is 0.190. The van der Waals surface area contributed by atoms with Crippen molar-refractivity contribution < 1.29 is 9.90 Å². The molecule has 1 aromatic carbocycles. The van der Waals surface area contributed by atoms with E-state index in [1.165, 1.54) is 0 Å². The number of carbonyl (C=O) groups is 1. The van der Waals surface area contributed by atoms with E-state index in [1.807, 2.05) is 51.1 Å². The molecule has 0 radical (unpaired) electrons. The highest BCUT2D eigenvalue weighted by atomic mass is 16.3. The average Bonchev–Trinajstić information content (AvgIpc) is 2.41. The van der Waals surface area contributed by atoms with Crippen molar-refractivity contribution in [3.8, 4) is 0 Å². The lowest BCUT2D eigenvalue weighted by atomic mass is 9.82. The van der Waals surface area contributed by atoms with Gasteiger partial charge < -0.3 is 10.0 Å². The zero-order valence-electron chi connectivity index (χ0n) is 12.7. The van der Waals surface area contributed by atoms with Gasteiger partial charge in [-0.05, 0) is 19.8 Å². The zero-order chi connectivity index (χ0) is 14.8. The number of benzene rings is 1. The van der Waals surface area contributed by atoms with Crippen molar-refractivity contribution in [3.05, 3.63) is 35.9 Å². The number of piperidine rings is 1. The maximum Gasteiger partial charge on any atom is 0.169 e. The van der Waals surface area contributed by atoms with E-state index in [4.69, 9.17) is 0 Å². The Bertz CT molecular complexity index is 455. The summed E-state index contributed by atoms with van der Waals surface area (Å²) in [6.07, 6.45) is 1.56.